The topological polar surface area (TPSA) is 73.9 Å². The number of ether oxygens (including phenoxy) is 3. The van der Waals surface area contributed by atoms with Crippen molar-refractivity contribution in [2.24, 2.45) is 5.92 Å². The van der Waals surface area contributed by atoms with E-state index in [2.05, 4.69) is 19.2 Å². The number of rotatable bonds is 12. The van der Waals surface area contributed by atoms with Gasteiger partial charge in [0.05, 0.1) is 12.7 Å². The van der Waals surface area contributed by atoms with Crippen molar-refractivity contribution in [2.45, 2.75) is 66.4 Å². The van der Waals surface area contributed by atoms with Gasteiger partial charge in [0.25, 0.3) is 5.91 Å². The molecule has 152 valence electrons. The van der Waals surface area contributed by atoms with Crippen molar-refractivity contribution in [3.05, 3.63) is 35.4 Å². The van der Waals surface area contributed by atoms with Gasteiger partial charge in [-0.1, -0.05) is 38.1 Å². The van der Waals surface area contributed by atoms with Gasteiger partial charge in [-0.15, -0.1) is 0 Å². The summed E-state index contributed by atoms with van der Waals surface area (Å²) in [7, 11) is 0. The highest BCUT2D eigenvalue weighted by atomic mass is 16.6. The molecular formula is C21H33NO5. The molecule has 0 aliphatic carbocycles. The van der Waals surface area contributed by atoms with Crippen molar-refractivity contribution >= 4 is 11.9 Å². The Morgan fingerprint density at radius 3 is 2.41 bits per heavy atom. The SMILES string of the molecule is CC(C)CCOC(C)C(=O)OCC(=O)NCc1cccc(COC(C)C)c1. The number of carbonyl (C=O) groups is 2. The van der Waals surface area contributed by atoms with Gasteiger partial charge in [-0.2, -0.15) is 0 Å². The van der Waals surface area contributed by atoms with Crippen LogP contribution >= 0.6 is 0 Å². The molecule has 1 rings (SSSR count). The Kier molecular flexibility index (Phi) is 10.7. The van der Waals surface area contributed by atoms with Crippen LogP contribution in [-0.2, 0) is 37.0 Å². The smallest absolute Gasteiger partial charge is 0.335 e. The third-order valence-corrected chi connectivity index (χ3v) is 3.80. The first-order chi connectivity index (χ1) is 12.8. The van der Waals surface area contributed by atoms with E-state index in [0.29, 0.717) is 25.7 Å². The molecule has 1 atom stereocenters. The van der Waals surface area contributed by atoms with E-state index in [4.69, 9.17) is 14.2 Å². The van der Waals surface area contributed by atoms with Crippen LogP contribution in [0, 0.1) is 5.92 Å². The van der Waals surface area contributed by atoms with Gasteiger partial charge in [-0.05, 0) is 44.2 Å². The van der Waals surface area contributed by atoms with E-state index in [1.165, 1.54) is 0 Å². The molecule has 1 aromatic carbocycles. The molecule has 1 aromatic rings. The molecule has 6 heteroatoms. The Hall–Kier alpha value is -1.92. The van der Waals surface area contributed by atoms with Gasteiger partial charge >= 0.3 is 5.97 Å². The fraction of sp³-hybridized carbons (Fsp3) is 0.619. The van der Waals surface area contributed by atoms with E-state index in [0.717, 1.165) is 17.5 Å². The third kappa shape index (κ3) is 10.7. The second kappa shape index (κ2) is 12.5. The Bertz CT molecular complexity index is 586. The normalized spacial score (nSPS) is 12.3. The lowest BCUT2D eigenvalue weighted by molar-refractivity contribution is -0.159. The van der Waals surface area contributed by atoms with E-state index in [-0.39, 0.29) is 18.6 Å². The zero-order valence-electron chi connectivity index (χ0n) is 17.1. The van der Waals surface area contributed by atoms with Crippen LogP contribution in [0.5, 0.6) is 0 Å². The van der Waals surface area contributed by atoms with Gasteiger partial charge in [0.1, 0.15) is 0 Å². The molecule has 0 radical (unpaired) electrons. The quantitative estimate of drug-likeness (QED) is 0.565. The Balaban J connectivity index is 2.30. The largest absolute Gasteiger partial charge is 0.454 e. The van der Waals surface area contributed by atoms with E-state index < -0.39 is 12.1 Å². The van der Waals surface area contributed by atoms with Crippen molar-refractivity contribution in [1.82, 2.24) is 5.32 Å². The van der Waals surface area contributed by atoms with Crippen LogP contribution in [0.4, 0.5) is 0 Å². The minimum atomic E-state index is -0.672. The summed E-state index contributed by atoms with van der Waals surface area (Å²) in [6.45, 7) is 10.9. The van der Waals surface area contributed by atoms with Crippen LogP contribution in [0.3, 0.4) is 0 Å². The summed E-state index contributed by atoms with van der Waals surface area (Å²) in [5, 5.41) is 2.75. The van der Waals surface area contributed by atoms with E-state index in [9.17, 15) is 9.59 Å². The first-order valence-electron chi connectivity index (χ1n) is 9.52. The standard InChI is InChI=1S/C21H33NO5/c1-15(2)9-10-25-17(5)21(24)27-14-20(23)22-12-18-7-6-8-19(11-18)13-26-16(3)4/h6-8,11,15-17H,9-10,12-14H2,1-5H3,(H,22,23). The second-order valence-corrected chi connectivity index (χ2v) is 7.26. The predicted molar refractivity (Wildman–Crippen MR) is 104 cm³/mol. The van der Waals surface area contributed by atoms with Gasteiger partial charge in [-0.25, -0.2) is 4.79 Å². The lowest BCUT2D eigenvalue weighted by Gasteiger charge is -2.13. The number of hydrogen-bond acceptors (Lipinski definition) is 5. The maximum absolute atomic E-state index is 11.9. The Morgan fingerprint density at radius 2 is 1.74 bits per heavy atom. The molecule has 0 bridgehead atoms. The lowest BCUT2D eigenvalue weighted by Crippen LogP contribution is -2.31. The summed E-state index contributed by atoms with van der Waals surface area (Å²) in [6, 6.07) is 7.82. The van der Waals surface area contributed by atoms with Gasteiger partial charge in [-0.3, -0.25) is 4.79 Å². The van der Waals surface area contributed by atoms with Crippen molar-refractivity contribution < 1.29 is 23.8 Å². The summed E-state index contributed by atoms with van der Waals surface area (Å²) in [5.41, 5.74) is 2.01. The maximum atomic E-state index is 11.9. The molecule has 1 unspecified atom stereocenters. The highest BCUT2D eigenvalue weighted by Crippen LogP contribution is 2.08. The fourth-order valence-electron chi connectivity index (χ4n) is 2.15. The molecule has 0 aliphatic rings. The van der Waals surface area contributed by atoms with Crippen LogP contribution in [0.15, 0.2) is 24.3 Å². The van der Waals surface area contributed by atoms with Crippen LogP contribution in [0.2, 0.25) is 0 Å². The third-order valence-electron chi connectivity index (χ3n) is 3.80. The minimum Gasteiger partial charge on any atom is -0.454 e. The molecule has 0 spiro atoms. The van der Waals surface area contributed by atoms with Crippen molar-refractivity contribution in [1.29, 1.82) is 0 Å². The molecule has 0 saturated heterocycles. The van der Waals surface area contributed by atoms with E-state index in [1.807, 2.05) is 38.1 Å². The fourth-order valence-corrected chi connectivity index (χ4v) is 2.15. The summed E-state index contributed by atoms with van der Waals surface area (Å²) >= 11 is 0. The van der Waals surface area contributed by atoms with E-state index in [1.54, 1.807) is 6.92 Å². The zero-order valence-corrected chi connectivity index (χ0v) is 17.1. The first-order valence-corrected chi connectivity index (χ1v) is 9.52. The van der Waals surface area contributed by atoms with E-state index >= 15 is 0 Å². The van der Waals surface area contributed by atoms with Crippen LogP contribution in [0.25, 0.3) is 0 Å². The predicted octanol–water partition coefficient (Wildman–Crippen LogP) is 3.22. The molecule has 0 fully saturated rings. The molecule has 0 heterocycles. The minimum absolute atomic E-state index is 0.166. The number of nitrogens with one attached hydrogen (secondary N) is 1. The summed E-state index contributed by atoms with van der Waals surface area (Å²) < 4.78 is 16.0. The van der Waals surface area contributed by atoms with Gasteiger partial charge in [0, 0.05) is 13.2 Å². The zero-order chi connectivity index (χ0) is 20.2. The monoisotopic (exact) mass is 379 g/mol. The van der Waals surface area contributed by atoms with Crippen LogP contribution in [-0.4, -0.2) is 37.3 Å². The summed E-state index contributed by atoms with van der Waals surface area (Å²) in [5.74, 6) is -0.363. The lowest BCUT2D eigenvalue weighted by atomic mass is 10.1. The molecule has 1 N–H and O–H groups in total. The highest BCUT2D eigenvalue weighted by Gasteiger charge is 2.16. The molecule has 27 heavy (non-hydrogen) atoms. The van der Waals surface area contributed by atoms with Crippen molar-refractivity contribution in [2.75, 3.05) is 13.2 Å². The number of carbonyl (C=O) groups excluding carboxylic acids is 2. The summed E-state index contributed by atoms with van der Waals surface area (Å²) in [6.07, 6.45) is 0.369. The second-order valence-electron chi connectivity index (χ2n) is 7.26. The van der Waals surface area contributed by atoms with Crippen molar-refractivity contribution in [3.63, 3.8) is 0 Å². The van der Waals surface area contributed by atoms with Crippen LogP contribution in [0.1, 0.15) is 52.2 Å². The summed E-state index contributed by atoms with van der Waals surface area (Å²) in [4.78, 5) is 23.7. The molecule has 0 aromatic heterocycles. The number of hydrogen-bond donors (Lipinski definition) is 1. The molecule has 1 amide bonds. The molecule has 0 aliphatic heterocycles. The Morgan fingerprint density at radius 1 is 1.04 bits per heavy atom. The van der Waals surface area contributed by atoms with Gasteiger partial charge in [0.2, 0.25) is 0 Å². The van der Waals surface area contributed by atoms with Crippen LogP contribution < -0.4 is 5.32 Å². The van der Waals surface area contributed by atoms with Crippen molar-refractivity contribution in [3.8, 4) is 0 Å². The molecular weight excluding hydrogens is 346 g/mol. The highest BCUT2D eigenvalue weighted by molar-refractivity contribution is 5.81. The number of amides is 1. The molecule has 6 nitrogen and oxygen atoms in total. The average molecular weight is 379 g/mol. The average Bonchev–Trinajstić information content (AvgIpc) is 2.62. The maximum Gasteiger partial charge on any atom is 0.335 e. The van der Waals surface area contributed by atoms with Gasteiger partial charge < -0.3 is 19.5 Å². The first kappa shape index (κ1) is 23.1. The number of benzene rings is 1. The number of esters is 1. The van der Waals surface area contributed by atoms with Gasteiger partial charge in [0.15, 0.2) is 12.7 Å². The molecule has 0 saturated carbocycles. The Labute approximate surface area is 162 Å².